The van der Waals surface area contributed by atoms with Gasteiger partial charge in [-0.2, -0.15) is 0 Å². The molecule has 1 fully saturated rings. The number of benzene rings is 1. The quantitative estimate of drug-likeness (QED) is 0.851. The van der Waals surface area contributed by atoms with Crippen molar-refractivity contribution in [2.45, 2.75) is 19.8 Å². The number of ether oxygens (including phenoxy) is 1. The average molecular weight is 326 g/mol. The van der Waals surface area contributed by atoms with Crippen LogP contribution in [0.15, 0.2) is 28.7 Å². The van der Waals surface area contributed by atoms with E-state index in [1.54, 1.807) is 0 Å². The summed E-state index contributed by atoms with van der Waals surface area (Å²) in [6.07, 6.45) is 1.69. The summed E-state index contributed by atoms with van der Waals surface area (Å²) < 4.78 is 6.37. The molecule has 2 rings (SSSR count). The van der Waals surface area contributed by atoms with Crippen LogP contribution in [0.4, 0.5) is 0 Å². The maximum atomic E-state index is 12.5. The maximum Gasteiger partial charge on any atom is 0.226 e. The second kappa shape index (κ2) is 7.06. The first kappa shape index (κ1) is 14.5. The van der Waals surface area contributed by atoms with Crippen molar-refractivity contribution in [2.24, 2.45) is 5.92 Å². The Hall–Kier alpha value is -0.870. The van der Waals surface area contributed by atoms with E-state index in [-0.39, 0.29) is 11.8 Å². The fraction of sp³-hybridized carbons (Fsp3) is 0.533. The molecule has 0 aliphatic carbocycles. The highest BCUT2D eigenvalue weighted by molar-refractivity contribution is 9.10. The van der Waals surface area contributed by atoms with Crippen molar-refractivity contribution in [1.29, 1.82) is 0 Å². The Bertz CT molecular complexity index is 430. The Morgan fingerprint density at radius 2 is 2.16 bits per heavy atom. The first-order chi connectivity index (χ1) is 9.20. The smallest absolute Gasteiger partial charge is 0.226 e. The Morgan fingerprint density at radius 1 is 1.42 bits per heavy atom. The van der Waals surface area contributed by atoms with Crippen molar-refractivity contribution in [3.63, 3.8) is 0 Å². The van der Waals surface area contributed by atoms with Crippen LogP contribution in [0.2, 0.25) is 0 Å². The van der Waals surface area contributed by atoms with Crippen LogP contribution in [0.3, 0.4) is 0 Å². The molecule has 4 heteroatoms. The summed E-state index contributed by atoms with van der Waals surface area (Å²) in [4.78, 5) is 14.4. The summed E-state index contributed by atoms with van der Waals surface area (Å²) in [6, 6.07) is 8.20. The van der Waals surface area contributed by atoms with Gasteiger partial charge in [0.1, 0.15) is 0 Å². The number of hydrogen-bond donors (Lipinski definition) is 0. The molecule has 1 heterocycles. The van der Waals surface area contributed by atoms with Gasteiger partial charge in [-0.1, -0.05) is 35.0 Å². The molecule has 1 aliphatic rings. The second-order valence-corrected chi connectivity index (χ2v) is 5.79. The van der Waals surface area contributed by atoms with Crippen LogP contribution < -0.4 is 0 Å². The van der Waals surface area contributed by atoms with Gasteiger partial charge in [-0.15, -0.1) is 0 Å². The van der Waals surface area contributed by atoms with Crippen LogP contribution in [0, 0.1) is 5.92 Å². The van der Waals surface area contributed by atoms with E-state index in [1.807, 2.05) is 17.0 Å². The molecule has 0 radical (unpaired) electrons. The van der Waals surface area contributed by atoms with Crippen LogP contribution in [0.5, 0.6) is 0 Å². The van der Waals surface area contributed by atoms with Gasteiger partial charge in [-0.05, 0) is 30.5 Å². The van der Waals surface area contributed by atoms with E-state index in [4.69, 9.17) is 4.74 Å². The number of hydrogen-bond acceptors (Lipinski definition) is 2. The van der Waals surface area contributed by atoms with Gasteiger partial charge in [0.2, 0.25) is 5.91 Å². The maximum absolute atomic E-state index is 12.5. The summed E-state index contributed by atoms with van der Waals surface area (Å²) in [5.41, 5.74) is 1.21. The average Bonchev–Trinajstić information content (AvgIpc) is 2.45. The van der Waals surface area contributed by atoms with Crippen molar-refractivity contribution < 1.29 is 9.53 Å². The Labute approximate surface area is 123 Å². The zero-order chi connectivity index (χ0) is 13.7. The predicted molar refractivity (Wildman–Crippen MR) is 79.0 cm³/mol. The van der Waals surface area contributed by atoms with Crippen molar-refractivity contribution >= 4 is 21.8 Å². The van der Waals surface area contributed by atoms with Crippen LogP contribution in [0.25, 0.3) is 0 Å². The molecule has 0 spiro atoms. The largest absolute Gasteiger partial charge is 0.378 e. The Kier molecular flexibility index (Phi) is 5.40. The molecule has 3 nitrogen and oxygen atoms in total. The molecule has 104 valence electrons. The summed E-state index contributed by atoms with van der Waals surface area (Å²) in [5, 5.41) is 0. The van der Waals surface area contributed by atoms with Crippen LogP contribution in [-0.2, 0) is 16.0 Å². The number of carbonyl (C=O) groups is 1. The lowest BCUT2D eigenvalue weighted by molar-refractivity contribution is -0.139. The van der Waals surface area contributed by atoms with Crippen LogP contribution in [-0.4, -0.2) is 37.1 Å². The molecule has 1 atom stereocenters. The Morgan fingerprint density at radius 3 is 2.79 bits per heavy atom. The monoisotopic (exact) mass is 325 g/mol. The number of amides is 1. The van der Waals surface area contributed by atoms with E-state index < -0.39 is 0 Å². The molecular weight excluding hydrogens is 306 g/mol. The molecule has 1 aliphatic heterocycles. The van der Waals surface area contributed by atoms with Crippen molar-refractivity contribution in [3.05, 3.63) is 34.3 Å². The second-order valence-electron chi connectivity index (χ2n) is 4.88. The lowest BCUT2D eigenvalue weighted by atomic mass is 9.95. The molecule has 0 saturated carbocycles. The third-order valence-corrected chi connectivity index (χ3v) is 4.03. The Balaban J connectivity index is 2.00. The zero-order valence-electron chi connectivity index (χ0n) is 11.3. The number of nitrogens with zero attached hydrogens (tertiary/aromatic N) is 1. The molecule has 0 N–H and O–H groups in total. The third kappa shape index (κ3) is 4.05. The van der Waals surface area contributed by atoms with Crippen molar-refractivity contribution in [2.75, 3.05) is 26.3 Å². The van der Waals surface area contributed by atoms with Gasteiger partial charge in [0, 0.05) is 23.5 Å². The standard InChI is InChI=1S/C15H20BrNO2/c1-2-13(10-12-4-3-5-14(16)11-12)15(18)17-6-8-19-9-7-17/h3-5,11,13H,2,6-10H2,1H3/t13-/m0/s1. The molecule has 19 heavy (non-hydrogen) atoms. The van der Waals surface area contributed by atoms with Crippen LogP contribution in [0.1, 0.15) is 18.9 Å². The minimum atomic E-state index is 0.0763. The normalized spacial score (nSPS) is 17.3. The SMILES string of the molecule is CC[C@@H](Cc1cccc(Br)c1)C(=O)N1CCOCC1. The van der Waals surface area contributed by atoms with Crippen molar-refractivity contribution in [3.8, 4) is 0 Å². The van der Waals surface area contributed by atoms with Crippen molar-refractivity contribution in [1.82, 2.24) is 4.90 Å². The van der Waals surface area contributed by atoms with Gasteiger partial charge < -0.3 is 9.64 Å². The van der Waals surface area contributed by atoms with E-state index in [0.717, 1.165) is 30.4 Å². The lowest BCUT2D eigenvalue weighted by Crippen LogP contribution is -2.44. The van der Waals surface area contributed by atoms with E-state index in [9.17, 15) is 4.79 Å². The molecule has 1 aromatic carbocycles. The third-order valence-electron chi connectivity index (χ3n) is 3.54. The molecular formula is C15H20BrNO2. The van der Waals surface area contributed by atoms with Gasteiger partial charge in [0.15, 0.2) is 0 Å². The molecule has 0 bridgehead atoms. The first-order valence-corrected chi connectivity index (χ1v) is 7.61. The minimum absolute atomic E-state index is 0.0763. The molecule has 0 aromatic heterocycles. The van der Waals surface area contributed by atoms with Gasteiger partial charge in [-0.3, -0.25) is 4.79 Å². The fourth-order valence-corrected chi connectivity index (χ4v) is 2.84. The summed E-state index contributed by atoms with van der Waals surface area (Å²) >= 11 is 3.48. The van der Waals surface area contributed by atoms with Gasteiger partial charge in [0.25, 0.3) is 0 Å². The first-order valence-electron chi connectivity index (χ1n) is 6.81. The predicted octanol–water partition coefficient (Wildman–Crippen LogP) is 2.88. The highest BCUT2D eigenvalue weighted by atomic mass is 79.9. The molecule has 1 amide bonds. The molecule has 1 saturated heterocycles. The van der Waals surface area contributed by atoms with Gasteiger partial charge in [0.05, 0.1) is 13.2 Å². The van der Waals surface area contributed by atoms with E-state index in [2.05, 4.69) is 35.0 Å². The fourth-order valence-electron chi connectivity index (χ4n) is 2.40. The number of halogens is 1. The highest BCUT2D eigenvalue weighted by Gasteiger charge is 2.24. The van der Waals surface area contributed by atoms with E-state index >= 15 is 0 Å². The van der Waals surface area contributed by atoms with E-state index in [0.29, 0.717) is 13.2 Å². The summed E-state index contributed by atoms with van der Waals surface area (Å²) in [5.74, 6) is 0.346. The number of carbonyl (C=O) groups excluding carboxylic acids is 1. The minimum Gasteiger partial charge on any atom is -0.378 e. The zero-order valence-corrected chi connectivity index (χ0v) is 12.9. The topological polar surface area (TPSA) is 29.5 Å². The summed E-state index contributed by atoms with van der Waals surface area (Å²) in [7, 11) is 0. The highest BCUT2D eigenvalue weighted by Crippen LogP contribution is 2.19. The number of rotatable bonds is 4. The van der Waals surface area contributed by atoms with E-state index in [1.165, 1.54) is 5.56 Å². The summed E-state index contributed by atoms with van der Waals surface area (Å²) in [6.45, 7) is 4.88. The number of morpholine rings is 1. The molecule has 1 aromatic rings. The van der Waals surface area contributed by atoms with Gasteiger partial charge >= 0.3 is 0 Å². The van der Waals surface area contributed by atoms with Crippen LogP contribution >= 0.6 is 15.9 Å². The molecule has 0 unspecified atom stereocenters. The lowest BCUT2D eigenvalue weighted by Gasteiger charge is -2.30. The van der Waals surface area contributed by atoms with Gasteiger partial charge in [-0.25, -0.2) is 0 Å².